The van der Waals surface area contributed by atoms with Crippen molar-refractivity contribution in [1.82, 2.24) is 14.7 Å². The normalized spacial score (nSPS) is 14.7. The van der Waals surface area contributed by atoms with Gasteiger partial charge in [-0.3, -0.25) is 9.58 Å². The molecule has 2 aromatic heterocycles. The highest BCUT2D eigenvalue weighted by Crippen LogP contribution is 2.31. The van der Waals surface area contributed by atoms with Crippen LogP contribution in [0.15, 0.2) is 23.7 Å². The number of nitrogens with zero attached hydrogens (tertiary/aromatic N) is 3. The fourth-order valence-electron chi connectivity index (χ4n) is 2.62. The quantitative estimate of drug-likeness (QED) is 0.890. The van der Waals surface area contributed by atoms with Gasteiger partial charge in [-0.2, -0.15) is 5.10 Å². The van der Waals surface area contributed by atoms with Crippen LogP contribution in [0.3, 0.4) is 0 Å². The summed E-state index contributed by atoms with van der Waals surface area (Å²) in [4.78, 5) is 3.72. The molecule has 0 fully saturated rings. The van der Waals surface area contributed by atoms with Crippen LogP contribution in [0, 0.1) is 0 Å². The van der Waals surface area contributed by atoms with Crippen LogP contribution < -0.4 is 5.73 Å². The molecule has 0 amide bonds. The molecule has 2 heterocycles. The first kappa shape index (κ1) is 15.2. The van der Waals surface area contributed by atoms with Gasteiger partial charge in [0.2, 0.25) is 0 Å². The second-order valence-corrected chi connectivity index (χ2v) is 6.15. The average Bonchev–Trinajstić information content (AvgIpc) is 3.08. The van der Waals surface area contributed by atoms with Gasteiger partial charge in [0, 0.05) is 36.3 Å². The highest BCUT2D eigenvalue weighted by molar-refractivity contribution is 7.10. The molecule has 5 heteroatoms. The predicted molar refractivity (Wildman–Crippen MR) is 84.9 cm³/mol. The zero-order valence-electron chi connectivity index (χ0n) is 12.7. The van der Waals surface area contributed by atoms with Crippen LogP contribution in [0.25, 0.3) is 0 Å². The van der Waals surface area contributed by atoms with Gasteiger partial charge in [0.25, 0.3) is 0 Å². The molecule has 0 aliphatic carbocycles. The van der Waals surface area contributed by atoms with Crippen molar-refractivity contribution in [3.05, 3.63) is 39.8 Å². The SMILES string of the molecule is CCc1nn(C)cc1C(CN)N(C)C(C)c1cccs1. The number of nitrogens with two attached hydrogens (primary N) is 1. The Bertz CT molecular complexity index is 532. The van der Waals surface area contributed by atoms with E-state index in [1.807, 2.05) is 11.7 Å². The van der Waals surface area contributed by atoms with Crippen molar-refractivity contribution in [3.8, 4) is 0 Å². The first-order valence-corrected chi connectivity index (χ1v) is 7.94. The van der Waals surface area contributed by atoms with Crippen molar-refractivity contribution < 1.29 is 0 Å². The summed E-state index contributed by atoms with van der Waals surface area (Å²) in [5.74, 6) is 0. The molecule has 0 aromatic carbocycles. The van der Waals surface area contributed by atoms with Crippen molar-refractivity contribution >= 4 is 11.3 Å². The van der Waals surface area contributed by atoms with Gasteiger partial charge in [-0.15, -0.1) is 11.3 Å². The smallest absolute Gasteiger partial charge is 0.0670 e. The Morgan fingerprint density at radius 2 is 2.25 bits per heavy atom. The van der Waals surface area contributed by atoms with E-state index in [2.05, 4.69) is 54.6 Å². The topological polar surface area (TPSA) is 47.1 Å². The van der Waals surface area contributed by atoms with E-state index in [1.54, 1.807) is 11.3 Å². The fraction of sp³-hybridized carbons (Fsp3) is 0.533. The van der Waals surface area contributed by atoms with E-state index in [4.69, 9.17) is 5.73 Å². The lowest BCUT2D eigenvalue weighted by Gasteiger charge is -2.32. The summed E-state index contributed by atoms with van der Waals surface area (Å²) in [6.45, 7) is 4.98. The second-order valence-electron chi connectivity index (χ2n) is 5.17. The third kappa shape index (κ3) is 2.95. The molecule has 0 aliphatic rings. The highest BCUT2D eigenvalue weighted by atomic mass is 32.1. The third-order valence-electron chi connectivity index (χ3n) is 3.91. The second kappa shape index (κ2) is 6.52. The maximum atomic E-state index is 6.05. The molecular weight excluding hydrogens is 268 g/mol. The Labute approximate surface area is 125 Å². The average molecular weight is 292 g/mol. The molecule has 0 aliphatic heterocycles. The molecule has 0 radical (unpaired) electrons. The first-order chi connectivity index (χ1) is 9.58. The Kier molecular flexibility index (Phi) is 4.96. The fourth-order valence-corrected chi connectivity index (χ4v) is 3.45. The minimum Gasteiger partial charge on any atom is -0.329 e. The number of hydrogen-bond acceptors (Lipinski definition) is 4. The molecule has 0 bridgehead atoms. The van der Waals surface area contributed by atoms with E-state index < -0.39 is 0 Å². The summed E-state index contributed by atoms with van der Waals surface area (Å²) >= 11 is 1.79. The van der Waals surface area contributed by atoms with Gasteiger partial charge in [-0.05, 0) is 31.8 Å². The standard InChI is InChI=1S/C15H24N4S/c1-5-13-12(10-18(3)17-13)14(9-16)19(4)11(2)15-7-6-8-20-15/h6-8,10-11,14H,5,9,16H2,1-4H3. The van der Waals surface area contributed by atoms with Gasteiger partial charge < -0.3 is 5.73 Å². The number of thiophene rings is 1. The number of likely N-dealkylation sites (N-methyl/N-ethyl adjacent to an activating group) is 1. The predicted octanol–water partition coefficient (Wildman–Crippen LogP) is 2.74. The molecule has 2 atom stereocenters. The monoisotopic (exact) mass is 292 g/mol. The zero-order valence-corrected chi connectivity index (χ0v) is 13.5. The number of aromatic nitrogens is 2. The van der Waals surface area contributed by atoms with Crippen molar-refractivity contribution in [3.63, 3.8) is 0 Å². The number of aryl methyl sites for hydroxylation is 2. The van der Waals surface area contributed by atoms with Gasteiger partial charge in [-0.1, -0.05) is 13.0 Å². The van der Waals surface area contributed by atoms with Crippen molar-refractivity contribution in [1.29, 1.82) is 0 Å². The summed E-state index contributed by atoms with van der Waals surface area (Å²) in [6, 6.07) is 4.84. The van der Waals surface area contributed by atoms with Crippen LogP contribution in [0.1, 0.15) is 42.1 Å². The van der Waals surface area contributed by atoms with E-state index >= 15 is 0 Å². The summed E-state index contributed by atoms with van der Waals surface area (Å²) in [5.41, 5.74) is 8.45. The Hall–Kier alpha value is -1.17. The highest BCUT2D eigenvalue weighted by Gasteiger charge is 2.25. The molecule has 110 valence electrons. The van der Waals surface area contributed by atoms with Crippen molar-refractivity contribution in [2.45, 2.75) is 32.4 Å². The first-order valence-electron chi connectivity index (χ1n) is 7.06. The number of hydrogen-bond donors (Lipinski definition) is 1. The van der Waals surface area contributed by atoms with Crippen LogP contribution in [0.2, 0.25) is 0 Å². The van der Waals surface area contributed by atoms with E-state index in [1.165, 1.54) is 10.4 Å². The van der Waals surface area contributed by atoms with E-state index in [0.29, 0.717) is 12.6 Å². The van der Waals surface area contributed by atoms with Crippen LogP contribution in [-0.2, 0) is 13.5 Å². The molecule has 2 unspecified atom stereocenters. The van der Waals surface area contributed by atoms with E-state index in [-0.39, 0.29) is 6.04 Å². The van der Waals surface area contributed by atoms with Crippen molar-refractivity contribution in [2.24, 2.45) is 12.8 Å². The van der Waals surface area contributed by atoms with Crippen LogP contribution in [-0.4, -0.2) is 28.3 Å². The largest absolute Gasteiger partial charge is 0.329 e. The molecule has 0 saturated heterocycles. The van der Waals surface area contributed by atoms with Crippen LogP contribution in [0.4, 0.5) is 0 Å². The minimum atomic E-state index is 0.204. The molecule has 2 aromatic rings. The molecule has 2 N–H and O–H groups in total. The van der Waals surface area contributed by atoms with Gasteiger partial charge in [-0.25, -0.2) is 0 Å². The lowest BCUT2D eigenvalue weighted by Crippen LogP contribution is -2.32. The van der Waals surface area contributed by atoms with Crippen LogP contribution in [0.5, 0.6) is 0 Å². The van der Waals surface area contributed by atoms with Gasteiger partial charge in [0.1, 0.15) is 0 Å². The maximum Gasteiger partial charge on any atom is 0.0670 e. The van der Waals surface area contributed by atoms with Gasteiger partial charge >= 0.3 is 0 Å². The van der Waals surface area contributed by atoms with Crippen molar-refractivity contribution in [2.75, 3.05) is 13.6 Å². The third-order valence-corrected chi connectivity index (χ3v) is 4.95. The number of rotatable bonds is 6. The molecule has 2 rings (SSSR count). The van der Waals surface area contributed by atoms with Gasteiger partial charge in [0.15, 0.2) is 0 Å². The molecule has 20 heavy (non-hydrogen) atoms. The minimum absolute atomic E-state index is 0.204. The molecular formula is C15H24N4S. The summed E-state index contributed by atoms with van der Waals surface area (Å²) < 4.78 is 1.89. The lowest BCUT2D eigenvalue weighted by atomic mass is 10.0. The summed E-state index contributed by atoms with van der Waals surface area (Å²) in [5, 5.41) is 6.66. The summed E-state index contributed by atoms with van der Waals surface area (Å²) in [6.07, 6.45) is 3.04. The zero-order chi connectivity index (χ0) is 14.7. The Morgan fingerprint density at radius 3 is 2.80 bits per heavy atom. The molecule has 4 nitrogen and oxygen atoms in total. The van der Waals surface area contributed by atoms with E-state index in [0.717, 1.165) is 12.1 Å². The van der Waals surface area contributed by atoms with E-state index in [9.17, 15) is 0 Å². The molecule has 0 saturated carbocycles. The Balaban J connectivity index is 2.27. The maximum absolute atomic E-state index is 6.05. The Morgan fingerprint density at radius 1 is 1.50 bits per heavy atom. The van der Waals surface area contributed by atoms with Crippen LogP contribution >= 0.6 is 11.3 Å². The van der Waals surface area contributed by atoms with Gasteiger partial charge in [0.05, 0.1) is 11.7 Å². The lowest BCUT2D eigenvalue weighted by molar-refractivity contribution is 0.192. The summed E-state index contributed by atoms with van der Waals surface area (Å²) in [7, 11) is 4.12. The molecule has 0 spiro atoms.